The van der Waals surface area contributed by atoms with E-state index in [1.54, 1.807) is 6.20 Å². The summed E-state index contributed by atoms with van der Waals surface area (Å²) >= 11 is 0. The number of rotatable bonds is 7. The normalized spacial score (nSPS) is 16.6. The molecule has 1 aromatic carbocycles. The summed E-state index contributed by atoms with van der Waals surface area (Å²) < 4.78 is 11.2. The van der Waals surface area contributed by atoms with Gasteiger partial charge >= 0.3 is 0 Å². The van der Waals surface area contributed by atoms with Crippen molar-refractivity contribution >= 4 is 16.8 Å². The average molecular weight is 363 g/mol. The van der Waals surface area contributed by atoms with E-state index in [4.69, 9.17) is 9.15 Å². The molecule has 2 heterocycles. The third-order valence-corrected chi connectivity index (χ3v) is 5.28. The van der Waals surface area contributed by atoms with Crippen LogP contribution in [0.3, 0.4) is 0 Å². The van der Waals surface area contributed by atoms with E-state index in [0.29, 0.717) is 35.2 Å². The lowest BCUT2D eigenvalue weighted by Crippen LogP contribution is -2.38. The van der Waals surface area contributed by atoms with Gasteiger partial charge in [-0.05, 0) is 61.8 Å². The zero-order chi connectivity index (χ0) is 18.2. The first-order valence-electron chi connectivity index (χ1n) is 9.49. The Kier molecular flexibility index (Phi) is 4.03. The molecule has 0 spiro atoms. The highest BCUT2D eigenvalue weighted by atomic mass is 16.5. The summed E-state index contributed by atoms with van der Waals surface area (Å²) in [5, 5.41) is 4.16. The van der Waals surface area contributed by atoms with Crippen LogP contribution in [0.5, 0.6) is 5.75 Å². The van der Waals surface area contributed by atoms with Crippen LogP contribution in [0.25, 0.3) is 10.9 Å². The molecule has 2 fully saturated rings. The van der Waals surface area contributed by atoms with Crippen molar-refractivity contribution in [3.63, 3.8) is 0 Å². The van der Waals surface area contributed by atoms with Crippen molar-refractivity contribution in [3.8, 4) is 5.75 Å². The second-order valence-corrected chi connectivity index (χ2v) is 7.45. The largest absolute Gasteiger partial charge is 0.484 e. The minimum atomic E-state index is -0.148. The summed E-state index contributed by atoms with van der Waals surface area (Å²) in [5.41, 5.74) is 1.24. The molecule has 0 radical (unpaired) electrons. The van der Waals surface area contributed by atoms with Crippen molar-refractivity contribution in [3.05, 3.63) is 54.4 Å². The Morgan fingerprint density at radius 1 is 1.22 bits per heavy atom. The van der Waals surface area contributed by atoms with Crippen LogP contribution in [-0.4, -0.2) is 21.9 Å². The third-order valence-electron chi connectivity index (χ3n) is 5.28. The molecule has 0 saturated heterocycles. The van der Waals surface area contributed by atoms with Gasteiger partial charge in [0.25, 0.3) is 5.91 Å². The molecular weight excluding hydrogens is 342 g/mol. The molecule has 0 bridgehead atoms. The van der Waals surface area contributed by atoms with Crippen LogP contribution < -0.4 is 10.1 Å². The summed E-state index contributed by atoms with van der Waals surface area (Å²) in [6, 6.07) is 9.88. The van der Waals surface area contributed by atoms with Gasteiger partial charge in [0.2, 0.25) is 5.89 Å². The van der Waals surface area contributed by atoms with Gasteiger partial charge in [0, 0.05) is 17.6 Å². The predicted molar refractivity (Wildman–Crippen MR) is 99.3 cm³/mol. The summed E-state index contributed by atoms with van der Waals surface area (Å²) in [4.78, 5) is 21.0. The summed E-state index contributed by atoms with van der Waals surface area (Å²) in [6.07, 6.45) is 8.07. The van der Waals surface area contributed by atoms with Crippen LogP contribution in [0.4, 0.5) is 0 Å². The van der Waals surface area contributed by atoms with Gasteiger partial charge in [-0.3, -0.25) is 9.78 Å². The number of aromatic nitrogens is 2. The lowest BCUT2D eigenvalue weighted by Gasteiger charge is -2.16. The van der Waals surface area contributed by atoms with Gasteiger partial charge in [-0.25, -0.2) is 4.98 Å². The number of fused-ring (bicyclic) bond motifs is 1. The van der Waals surface area contributed by atoms with Gasteiger partial charge in [0.1, 0.15) is 12.0 Å². The smallest absolute Gasteiger partial charge is 0.273 e. The molecular formula is C21H21N3O3. The van der Waals surface area contributed by atoms with Crippen molar-refractivity contribution in [2.75, 3.05) is 0 Å². The number of hydrogen-bond acceptors (Lipinski definition) is 5. The molecule has 0 atom stereocenters. The van der Waals surface area contributed by atoms with Crippen LogP contribution in [0.1, 0.15) is 42.1 Å². The topological polar surface area (TPSA) is 77.2 Å². The molecule has 5 rings (SSSR count). The number of nitrogens with zero attached hydrogens (tertiary/aromatic N) is 2. The predicted octanol–water partition coefficient (Wildman–Crippen LogP) is 3.72. The van der Waals surface area contributed by atoms with Crippen LogP contribution in [0.2, 0.25) is 0 Å². The summed E-state index contributed by atoms with van der Waals surface area (Å²) in [5.74, 6) is 2.26. The van der Waals surface area contributed by atoms with Gasteiger partial charge in [0.15, 0.2) is 12.3 Å². The molecule has 1 amide bonds. The maximum atomic E-state index is 12.5. The van der Waals surface area contributed by atoms with E-state index in [9.17, 15) is 4.79 Å². The fourth-order valence-electron chi connectivity index (χ4n) is 3.53. The number of carbonyl (C=O) groups is 1. The number of nitrogens with one attached hydrogen (secondary N) is 1. The number of amides is 1. The van der Waals surface area contributed by atoms with Crippen molar-refractivity contribution in [1.29, 1.82) is 0 Å². The quantitative estimate of drug-likeness (QED) is 0.692. The van der Waals surface area contributed by atoms with E-state index in [-0.39, 0.29) is 12.5 Å². The number of carbonyl (C=O) groups excluding carboxylic acids is 1. The second-order valence-electron chi connectivity index (χ2n) is 7.45. The highest BCUT2D eigenvalue weighted by Crippen LogP contribution is 2.44. The van der Waals surface area contributed by atoms with Gasteiger partial charge in [-0.1, -0.05) is 6.07 Å². The molecule has 2 aromatic heterocycles. The summed E-state index contributed by atoms with van der Waals surface area (Å²) in [6.45, 7) is 0.174. The maximum Gasteiger partial charge on any atom is 0.273 e. The van der Waals surface area contributed by atoms with Crippen molar-refractivity contribution < 1.29 is 13.9 Å². The molecule has 1 N–H and O–H groups in total. The Balaban J connectivity index is 1.21. The van der Waals surface area contributed by atoms with Crippen molar-refractivity contribution in [2.45, 2.75) is 38.3 Å². The van der Waals surface area contributed by atoms with E-state index < -0.39 is 0 Å². The van der Waals surface area contributed by atoms with Crippen LogP contribution >= 0.6 is 0 Å². The first kappa shape index (κ1) is 16.3. The number of oxazole rings is 1. The minimum Gasteiger partial charge on any atom is -0.484 e. The van der Waals surface area contributed by atoms with E-state index in [1.807, 2.05) is 30.3 Å². The molecule has 6 nitrogen and oxygen atoms in total. The monoisotopic (exact) mass is 363 g/mol. The Labute approximate surface area is 157 Å². The summed E-state index contributed by atoms with van der Waals surface area (Å²) in [7, 11) is 0. The standard InChI is InChI=1S/C21H21N3O3/c25-21(24-20(13-3-4-13)14-5-6-14)18-11-27-19(23-18)12-26-16-7-8-17-15(10-16)2-1-9-22-17/h1-2,7-11,13-14,20H,3-6,12H2,(H,24,25). The molecule has 2 aliphatic carbocycles. The Hall–Kier alpha value is -2.89. The lowest BCUT2D eigenvalue weighted by molar-refractivity contribution is 0.0921. The Morgan fingerprint density at radius 3 is 2.81 bits per heavy atom. The Morgan fingerprint density at radius 2 is 2.04 bits per heavy atom. The zero-order valence-corrected chi connectivity index (χ0v) is 14.9. The van der Waals surface area contributed by atoms with Crippen LogP contribution in [0.15, 0.2) is 47.2 Å². The van der Waals surface area contributed by atoms with Gasteiger partial charge in [-0.2, -0.15) is 0 Å². The van der Waals surface area contributed by atoms with Crippen molar-refractivity contribution in [2.24, 2.45) is 11.8 Å². The van der Waals surface area contributed by atoms with E-state index in [0.717, 1.165) is 10.9 Å². The molecule has 27 heavy (non-hydrogen) atoms. The van der Waals surface area contributed by atoms with Gasteiger partial charge in [-0.15, -0.1) is 0 Å². The molecule has 138 valence electrons. The zero-order valence-electron chi connectivity index (χ0n) is 14.9. The fraction of sp³-hybridized carbons (Fsp3) is 0.381. The van der Waals surface area contributed by atoms with E-state index >= 15 is 0 Å². The third kappa shape index (κ3) is 3.65. The molecule has 0 unspecified atom stereocenters. The number of pyridine rings is 1. The van der Waals surface area contributed by atoms with Crippen molar-refractivity contribution in [1.82, 2.24) is 15.3 Å². The van der Waals surface area contributed by atoms with E-state index in [1.165, 1.54) is 31.9 Å². The fourth-order valence-corrected chi connectivity index (χ4v) is 3.53. The highest BCUT2D eigenvalue weighted by Gasteiger charge is 2.42. The lowest BCUT2D eigenvalue weighted by atomic mass is 10.1. The Bertz CT molecular complexity index is 963. The second kappa shape index (κ2) is 6.68. The minimum absolute atomic E-state index is 0.148. The maximum absolute atomic E-state index is 12.5. The van der Waals surface area contributed by atoms with Crippen LogP contribution in [-0.2, 0) is 6.61 Å². The number of ether oxygens (including phenoxy) is 1. The molecule has 2 saturated carbocycles. The van der Waals surface area contributed by atoms with Gasteiger partial charge < -0.3 is 14.5 Å². The number of benzene rings is 1. The molecule has 2 aliphatic rings. The number of hydrogen-bond donors (Lipinski definition) is 1. The molecule has 6 heteroatoms. The molecule has 3 aromatic rings. The highest BCUT2D eigenvalue weighted by molar-refractivity contribution is 5.92. The first-order chi connectivity index (χ1) is 13.3. The first-order valence-corrected chi connectivity index (χ1v) is 9.49. The van der Waals surface area contributed by atoms with Crippen LogP contribution in [0, 0.1) is 11.8 Å². The van der Waals surface area contributed by atoms with E-state index in [2.05, 4.69) is 15.3 Å². The SMILES string of the molecule is O=C(NC(C1CC1)C1CC1)c1coc(COc2ccc3ncccc3c2)n1. The van der Waals surface area contributed by atoms with Gasteiger partial charge in [0.05, 0.1) is 5.52 Å². The molecule has 0 aliphatic heterocycles. The average Bonchev–Trinajstić information content (AvgIpc) is 3.63.